The monoisotopic (exact) mass is 303 g/mol. The van der Waals surface area contributed by atoms with Crippen LogP contribution < -0.4 is 10.6 Å². The predicted octanol–water partition coefficient (Wildman–Crippen LogP) is 2.19. The highest BCUT2D eigenvalue weighted by Crippen LogP contribution is 2.21. The Kier molecular flexibility index (Phi) is 5.46. The third-order valence-corrected chi connectivity index (χ3v) is 2.97. The van der Waals surface area contributed by atoms with Crippen LogP contribution in [-0.2, 0) is 4.79 Å². The van der Waals surface area contributed by atoms with E-state index in [0.717, 1.165) is 12.0 Å². The molecule has 7 nitrogen and oxygen atoms in total. The number of carbonyl (C=O) groups excluding carboxylic acids is 1. The molecule has 2 rings (SSSR count). The Hall–Kier alpha value is -2.44. The lowest BCUT2D eigenvalue weighted by molar-refractivity contribution is -0.119. The van der Waals surface area contributed by atoms with Crippen LogP contribution in [-0.4, -0.2) is 34.1 Å². The molecular weight excluding hydrogens is 282 g/mol. The maximum absolute atomic E-state index is 11.6. The summed E-state index contributed by atoms with van der Waals surface area (Å²) >= 11 is 0. The molecule has 0 atom stereocenters. The maximum atomic E-state index is 11.6. The van der Waals surface area contributed by atoms with Gasteiger partial charge < -0.3 is 15.2 Å². The average molecular weight is 303 g/mol. The van der Waals surface area contributed by atoms with E-state index in [0.29, 0.717) is 24.1 Å². The summed E-state index contributed by atoms with van der Waals surface area (Å²) in [6.45, 7) is 6.87. The van der Waals surface area contributed by atoms with Crippen molar-refractivity contribution in [2.24, 2.45) is 0 Å². The van der Waals surface area contributed by atoms with Crippen LogP contribution in [0.4, 0.5) is 5.82 Å². The number of anilines is 1. The molecule has 0 unspecified atom stereocenters. The molecule has 0 aliphatic carbocycles. The summed E-state index contributed by atoms with van der Waals surface area (Å²) in [6.07, 6.45) is 2.55. The Bertz CT molecular complexity index is 624. The number of hydrogen-bond donors (Lipinski definition) is 2. The predicted molar refractivity (Wildman–Crippen MR) is 83.4 cm³/mol. The smallest absolute Gasteiger partial charge is 0.258 e. The molecule has 0 saturated carbocycles. The first kappa shape index (κ1) is 15.9. The number of carbonyl (C=O) groups is 1. The van der Waals surface area contributed by atoms with E-state index in [1.165, 1.54) is 0 Å². The van der Waals surface area contributed by atoms with E-state index in [-0.39, 0.29) is 18.4 Å². The lowest BCUT2D eigenvalue weighted by Crippen LogP contribution is -2.30. The molecule has 2 aromatic rings. The van der Waals surface area contributed by atoms with Gasteiger partial charge in [-0.25, -0.2) is 4.98 Å². The maximum Gasteiger partial charge on any atom is 0.258 e. The quantitative estimate of drug-likeness (QED) is 0.814. The van der Waals surface area contributed by atoms with Crippen molar-refractivity contribution in [3.63, 3.8) is 0 Å². The first-order valence-electron chi connectivity index (χ1n) is 7.40. The van der Waals surface area contributed by atoms with E-state index in [9.17, 15) is 4.79 Å². The van der Waals surface area contributed by atoms with Gasteiger partial charge in [-0.2, -0.15) is 4.98 Å². The van der Waals surface area contributed by atoms with Gasteiger partial charge in [0.15, 0.2) is 5.82 Å². The lowest BCUT2D eigenvalue weighted by atomic mass is 10.2. The Labute approximate surface area is 129 Å². The van der Waals surface area contributed by atoms with E-state index >= 15 is 0 Å². The Morgan fingerprint density at radius 2 is 2.23 bits per heavy atom. The molecule has 118 valence electrons. The van der Waals surface area contributed by atoms with Crippen molar-refractivity contribution >= 4 is 11.7 Å². The standard InChI is InChI=1S/C15H21N5O2/c1-4-6-17-13(21)9-18-12-8-11(5-7-16-12)15-19-14(10(2)3)20-22-15/h5,7-8,10H,4,6,9H2,1-3H3,(H,16,18)(H,17,21). The van der Waals surface area contributed by atoms with Crippen molar-refractivity contribution < 1.29 is 9.32 Å². The molecule has 0 bridgehead atoms. The second-order valence-corrected chi connectivity index (χ2v) is 5.25. The van der Waals surface area contributed by atoms with Gasteiger partial charge in [0.25, 0.3) is 5.89 Å². The van der Waals surface area contributed by atoms with E-state index < -0.39 is 0 Å². The van der Waals surface area contributed by atoms with E-state index in [4.69, 9.17) is 4.52 Å². The lowest BCUT2D eigenvalue weighted by Gasteiger charge is -2.06. The van der Waals surface area contributed by atoms with Crippen molar-refractivity contribution in [3.8, 4) is 11.5 Å². The van der Waals surface area contributed by atoms with Crippen LogP contribution in [0, 0.1) is 0 Å². The van der Waals surface area contributed by atoms with Gasteiger partial charge in [0, 0.05) is 24.2 Å². The zero-order valence-electron chi connectivity index (χ0n) is 13.1. The van der Waals surface area contributed by atoms with Crippen LogP contribution >= 0.6 is 0 Å². The summed E-state index contributed by atoms with van der Waals surface area (Å²) in [5.41, 5.74) is 0.769. The molecule has 0 aromatic carbocycles. The van der Waals surface area contributed by atoms with Gasteiger partial charge in [0.1, 0.15) is 5.82 Å². The fraction of sp³-hybridized carbons (Fsp3) is 0.467. The van der Waals surface area contributed by atoms with Crippen LogP contribution in [0.2, 0.25) is 0 Å². The molecule has 0 saturated heterocycles. The first-order valence-corrected chi connectivity index (χ1v) is 7.40. The normalized spacial score (nSPS) is 10.7. The highest BCUT2D eigenvalue weighted by atomic mass is 16.5. The topological polar surface area (TPSA) is 92.9 Å². The Morgan fingerprint density at radius 1 is 1.41 bits per heavy atom. The summed E-state index contributed by atoms with van der Waals surface area (Å²) in [4.78, 5) is 20.1. The van der Waals surface area contributed by atoms with Crippen molar-refractivity contribution in [3.05, 3.63) is 24.2 Å². The highest BCUT2D eigenvalue weighted by molar-refractivity contribution is 5.80. The molecule has 22 heavy (non-hydrogen) atoms. The van der Waals surface area contributed by atoms with Crippen LogP contribution in [0.1, 0.15) is 38.9 Å². The molecule has 7 heteroatoms. The summed E-state index contributed by atoms with van der Waals surface area (Å²) in [5.74, 6) is 1.85. The van der Waals surface area contributed by atoms with Gasteiger partial charge in [-0.15, -0.1) is 0 Å². The average Bonchev–Trinajstić information content (AvgIpc) is 3.01. The Balaban J connectivity index is 2.01. The molecule has 0 radical (unpaired) electrons. The van der Waals surface area contributed by atoms with E-state index in [1.807, 2.05) is 20.8 Å². The largest absolute Gasteiger partial charge is 0.361 e. The second-order valence-electron chi connectivity index (χ2n) is 5.25. The summed E-state index contributed by atoms with van der Waals surface area (Å²) in [5, 5.41) is 9.71. The number of hydrogen-bond acceptors (Lipinski definition) is 6. The van der Waals surface area contributed by atoms with Crippen LogP contribution in [0.25, 0.3) is 11.5 Å². The third-order valence-electron chi connectivity index (χ3n) is 2.97. The molecule has 2 heterocycles. The molecule has 1 amide bonds. The third kappa shape index (κ3) is 4.28. The number of rotatable bonds is 7. The van der Waals surface area contributed by atoms with Gasteiger partial charge in [0.2, 0.25) is 5.91 Å². The molecule has 0 aliphatic heterocycles. The summed E-state index contributed by atoms with van der Waals surface area (Å²) in [6, 6.07) is 3.57. The van der Waals surface area contributed by atoms with Crippen LogP contribution in [0.3, 0.4) is 0 Å². The minimum Gasteiger partial charge on any atom is -0.361 e. The van der Waals surface area contributed by atoms with E-state index in [2.05, 4.69) is 25.8 Å². The molecule has 0 spiro atoms. The zero-order chi connectivity index (χ0) is 15.9. The van der Waals surface area contributed by atoms with Gasteiger partial charge in [-0.1, -0.05) is 25.9 Å². The number of aromatic nitrogens is 3. The van der Waals surface area contributed by atoms with Crippen LogP contribution in [0.5, 0.6) is 0 Å². The van der Waals surface area contributed by atoms with Crippen molar-refractivity contribution in [1.29, 1.82) is 0 Å². The number of amides is 1. The van der Waals surface area contributed by atoms with Crippen molar-refractivity contribution in [2.75, 3.05) is 18.4 Å². The summed E-state index contributed by atoms with van der Waals surface area (Å²) in [7, 11) is 0. The van der Waals surface area contributed by atoms with Gasteiger partial charge in [0.05, 0.1) is 6.54 Å². The number of pyridine rings is 1. The fourth-order valence-electron chi connectivity index (χ4n) is 1.74. The fourth-order valence-corrected chi connectivity index (χ4v) is 1.74. The Morgan fingerprint density at radius 3 is 2.91 bits per heavy atom. The van der Waals surface area contributed by atoms with E-state index in [1.54, 1.807) is 18.3 Å². The number of nitrogens with one attached hydrogen (secondary N) is 2. The van der Waals surface area contributed by atoms with Gasteiger partial charge in [-0.05, 0) is 18.6 Å². The first-order chi connectivity index (χ1) is 10.6. The summed E-state index contributed by atoms with van der Waals surface area (Å²) < 4.78 is 5.25. The SMILES string of the molecule is CCCNC(=O)CNc1cc(-c2nc(C(C)C)no2)ccn1. The van der Waals surface area contributed by atoms with Crippen molar-refractivity contribution in [2.45, 2.75) is 33.1 Å². The number of nitrogens with zero attached hydrogens (tertiary/aromatic N) is 3. The molecular formula is C15H21N5O2. The van der Waals surface area contributed by atoms with Crippen LogP contribution in [0.15, 0.2) is 22.9 Å². The van der Waals surface area contributed by atoms with Crippen molar-refractivity contribution in [1.82, 2.24) is 20.4 Å². The minimum absolute atomic E-state index is 0.0612. The molecule has 2 aromatic heterocycles. The molecule has 0 aliphatic rings. The minimum atomic E-state index is -0.0612. The van der Waals surface area contributed by atoms with Gasteiger partial charge >= 0.3 is 0 Å². The zero-order valence-corrected chi connectivity index (χ0v) is 13.1. The molecule has 2 N–H and O–H groups in total. The van der Waals surface area contributed by atoms with Gasteiger partial charge in [-0.3, -0.25) is 4.79 Å². The second kappa shape index (κ2) is 7.53. The highest BCUT2D eigenvalue weighted by Gasteiger charge is 2.12. The molecule has 0 fully saturated rings.